The molecule has 0 aliphatic rings. The van der Waals surface area contributed by atoms with Crippen molar-refractivity contribution in [1.29, 1.82) is 0 Å². The molecular formula is C16H15NO4S. The predicted octanol–water partition coefficient (Wildman–Crippen LogP) is 2.24. The Morgan fingerprint density at radius 2 is 1.91 bits per heavy atom. The SMILES string of the molecule is COC(=O)/C=C/c1ccc(CS(=O)(=O)c2ccccn2)cc1. The Kier molecular flexibility index (Phi) is 5.06. The Bertz CT molecular complexity index is 766. The minimum atomic E-state index is -3.46. The van der Waals surface area contributed by atoms with Crippen molar-refractivity contribution in [2.24, 2.45) is 0 Å². The van der Waals surface area contributed by atoms with E-state index in [0.29, 0.717) is 5.56 Å². The number of nitrogens with zero attached hydrogens (tertiary/aromatic N) is 1. The maximum atomic E-state index is 12.2. The Balaban J connectivity index is 2.12. The number of pyridine rings is 1. The van der Waals surface area contributed by atoms with Gasteiger partial charge in [-0.2, -0.15) is 0 Å². The van der Waals surface area contributed by atoms with Crippen molar-refractivity contribution in [3.05, 3.63) is 65.9 Å². The van der Waals surface area contributed by atoms with Gasteiger partial charge in [0.05, 0.1) is 12.9 Å². The van der Waals surface area contributed by atoms with Gasteiger partial charge in [0, 0.05) is 12.3 Å². The molecule has 1 aromatic carbocycles. The largest absolute Gasteiger partial charge is 0.466 e. The summed E-state index contributed by atoms with van der Waals surface area (Å²) in [6.07, 6.45) is 4.36. The molecule has 0 saturated heterocycles. The van der Waals surface area contributed by atoms with E-state index in [2.05, 4.69) is 9.72 Å². The van der Waals surface area contributed by atoms with Crippen molar-refractivity contribution in [2.75, 3.05) is 7.11 Å². The average Bonchev–Trinajstić information content (AvgIpc) is 2.54. The van der Waals surface area contributed by atoms with Gasteiger partial charge < -0.3 is 4.74 Å². The van der Waals surface area contributed by atoms with Gasteiger partial charge >= 0.3 is 5.97 Å². The lowest BCUT2D eigenvalue weighted by Gasteiger charge is -2.04. The van der Waals surface area contributed by atoms with Crippen LogP contribution in [0.15, 0.2) is 59.8 Å². The summed E-state index contributed by atoms with van der Waals surface area (Å²) < 4.78 is 28.9. The summed E-state index contributed by atoms with van der Waals surface area (Å²) in [6, 6.07) is 11.7. The number of carbonyl (C=O) groups excluding carboxylic acids is 1. The molecule has 0 radical (unpaired) electrons. The normalized spacial score (nSPS) is 11.5. The molecule has 6 heteroatoms. The number of aromatic nitrogens is 1. The van der Waals surface area contributed by atoms with Gasteiger partial charge in [0.1, 0.15) is 0 Å². The van der Waals surface area contributed by atoms with Crippen molar-refractivity contribution >= 4 is 21.9 Å². The van der Waals surface area contributed by atoms with E-state index in [1.807, 2.05) is 0 Å². The standard InChI is InChI=1S/C16H15NO4S/c1-21-16(18)10-9-13-5-7-14(8-6-13)12-22(19,20)15-4-2-3-11-17-15/h2-11H,12H2,1H3/b10-9+. The third-order valence-electron chi connectivity index (χ3n) is 2.91. The monoisotopic (exact) mass is 317 g/mol. The van der Waals surface area contributed by atoms with E-state index in [1.54, 1.807) is 42.5 Å². The van der Waals surface area contributed by atoms with Crippen LogP contribution in [0.4, 0.5) is 0 Å². The predicted molar refractivity (Wildman–Crippen MR) is 82.6 cm³/mol. The van der Waals surface area contributed by atoms with Gasteiger partial charge in [-0.15, -0.1) is 0 Å². The molecule has 0 fully saturated rings. The fraction of sp³-hybridized carbons (Fsp3) is 0.125. The Hall–Kier alpha value is -2.47. The molecule has 22 heavy (non-hydrogen) atoms. The van der Waals surface area contributed by atoms with E-state index in [9.17, 15) is 13.2 Å². The highest BCUT2D eigenvalue weighted by molar-refractivity contribution is 7.90. The van der Waals surface area contributed by atoms with E-state index in [0.717, 1.165) is 5.56 Å². The summed E-state index contributed by atoms with van der Waals surface area (Å²) in [7, 11) is -2.16. The number of hydrogen-bond donors (Lipinski definition) is 0. The van der Waals surface area contributed by atoms with Gasteiger partial charge in [-0.05, 0) is 29.3 Å². The van der Waals surface area contributed by atoms with Gasteiger partial charge in [0.15, 0.2) is 14.9 Å². The lowest BCUT2D eigenvalue weighted by atomic mass is 10.1. The number of benzene rings is 1. The number of sulfone groups is 1. The first-order chi connectivity index (χ1) is 10.5. The molecule has 2 rings (SSSR count). The second-order valence-electron chi connectivity index (χ2n) is 4.53. The lowest BCUT2D eigenvalue weighted by molar-refractivity contribution is -0.134. The number of esters is 1. The van der Waals surface area contributed by atoms with Gasteiger partial charge in [-0.25, -0.2) is 18.2 Å². The van der Waals surface area contributed by atoms with E-state index >= 15 is 0 Å². The molecule has 0 saturated carbocycles. The van der Waals surface area contributed by atoms with Crippen LogP contribution in [0.3, 0.4) is 0 Å². The fourth-order valence-corrected chi connectivity index (χ4v) is 3.07. The molecule has 114 valence electrons. The lowest BCUT2D eigenvalue weighted by Crippen LogP contribution is -2.06. The summed E-state index contributed by atoms with van der Waals surface area (Å²) >= 11 is 0. The first kappa shape index (κ1) is 15.9. The van der Waals surface area contributed by atoms with Crippen LogP contribution in [0, 0.1) is 0 Å². The Morgan fingerprint density at radius 3 is 2.50 bits per heavy atom. The van der Waals surface area contributed by atoms with Crippen molar-refractivity contribution in [2.45, 2.75) is 10.8 Å². The third-order valence-corrected chi connectivity index (χ3v) is 4.50. The third kappa shape index (κ3) is 4.26. The Morgan fingerprint density at radius 1 is 1.18 bits per heavy atom. The summed E-state index contributed by atoms with van der Waals surface area (Å²) in [6.45, 7) is 0. The van der Waals surface area contributed by atoms with Crippen LogP contribution in [0.1, 0.15) is 11.1 Å². The number of rotatable bonds is 5. The molecule has 0 aliphatic carbocycles. The first-order valence-corrected chi connectivity index (χ1v) is 8.15. The van der Waals surface area contributed by atoms with Gasteiger partial charge in [0.2, 0.25) is 0 Å². The molecule has 1 heterocycles. The van der Waals surface area contributed by atoms with Crippen LogP contribution in [-0.2, 0) is 25.1 Å². The minimum absolute atomic E-state index is 0.0599. The highest BCUT2D eigenvalue weighted by Gasteiger charge is 2.16. The van der Waals surface area contributed by atoms with Gasteiger partial charge in [-0.1, -0.05) is 30.3 Å². The maximum Gasteiger partial charge on any atom is 0.330 e. The zero-order valence-electron chi connectivity index (χ0n) is 12.0. The molecule has 0 unspecified atom stereocenters. The summed E-state index contributed by atoms with van der Waals surface area (Å²) in [4.78, 5) is 14.9. The first-order valence-electron chi connectivity index (χ1n) is 6.50. The van der Waals surface area contributed by atoms with Crippen LogP contribution in [-0.4, -0.2) is 26.5 Å². The van der Waals surface area contributed by atoms with Gasteiger partial charge in [0.25, 0.3) is 0 Å². The fourth-order valence-electron chi connectivity index (χ4n) is 1.78. The van der Waals surface area contributed by atoms with Crippen molar-refractivity contribution in [3.63, 3.8) is 0 Å². The number of methoxy groups -OCH3 is 1. The highest BCUT2D eigenvalue weighted by atomic mass is 32.2. The number of ether oxygens (including phenoxy) is 1. The second-order valence-corrected chi connectivity index (χ2v) is 6.46. The van der Waals surface area contributed by atoms with Crippen LogP contribution < -0.4 is 0 Å². The number of carbonyl (C=O) groups is 1. The minimum Gasteiger partial charge on any atom is -0.466 e. The number of hydrogen-bond acceptors (Lipinski definition) is 5. The molecule has 0 amide bonds. The Labute approximate surface area is 129 Å². The topological polar surface area (TPSA) is 73.3 Å². The molecule has 0 spiro atoms. The van der Waals surface area contributed by atoms with Crippen LogP contribution in [0.2, 0.25) is 0 Å². The molecule has 1 aromatic heterocycles. The molecule has 2 aromatic rings. The van der Waals surface area contributed by atoms with Crippen molar-refractivity contribution in [3.8, 4) is 0 Å². The van der Waals surface area contributed by atoms with Crippen molar-refractivity contribution < 1.29 is 17.9 Å². The molecule has 0 N–H and O–H groups in total. The van der Waals surface area contributed by atoms with Crippen LogP contribution in [0.5, 0.6) is 0 Å². The van der Waals surface area contributed by atoms with Crippen LogP contribution >= 0.6 is 0 Å². The summed E-state index contributed by atoms with van der Waals surface area (Å²) in [5.74, 6) is -0.563. The molecule has 5 nitrogen and oxygen atoms in total. The van der Waals surface area contributed by atoms with E-state index in [1.165, 1.54) is 25.4 Å². The summed E-state index contributed by atoms with van der Waals surface area (Å²) in [5, 5.41) is 0.0599. The van der Waals surface area contributed by atoms with E-state index < -0.39 is 15.8 Å². The average molecular weight is 317 g/mol. The van der Waals surface area contributed by atoms with E-state index in [-0.39, 0.29) is 10.8 Å². The van der Waals surface area contributed by atoms with Gasteiger partial charge in [-0.3, -0.25) is 0 Å². The van der Waals surface area contributed by atoms with Crippen molar-refractivity contribution in [1.82, 2.24) is 4.98 Å². The summed E-state index contributed by atoms with van der Waals surface area (Å²) in [5.41, 5.74) is 1.44. The maximum absolute atomic E-state index is 12.2. The molecule has 0 atom stereocenters. The molecule has 0 bridgehead atoms. The molecular weight excluding hydrogens is 302 g/mol. The zero-order chi connectivity index (χ0) is 16.0. The van der Waals surface area contributed by atoms with Crippen LogP contribution in [0.25, 0.3) is 6.08 Å². The zero-order valence-corrected chi connectivity index (χ0v) is 12.8. The highest BCUT2D eigenvalue weighted by Crippen LogP contribution is 2.15. The molecule has 0 aliphatic heterocycles. The van der Waals surface area contributed by atoms with E-state index in [4.69, 9.17) is 0 Å². The quantitative estimate of drug-likeness (QED) is 0.624. The smallest absolute Gasteiger partial charge is 0.330 e. The second kappa shape index (κ2) is 7.00.